The molecule has 148 valence electrons. The number of nitrogens with one attached hydrogen (secondary N) is 1. The molecule has 0 radical (unpaired) electrons. The van der Waals surface area contributed by atoms with E-state index in [9.17, 15) is 9.90 Å². The number of hydrogen-bond acceptors (Lipinski definition) is 7. The van der Waals surface area contributed by atoms with Crippen LogP contribution in [0.25, 0.3) is 11.0 Å². The van der Waals surface area contributed by atoms with Gasteiger partial charge in [0.25, 0.3) is 0 Å². The van der Waals surface area contributed by atoms with E-state index in [2.05, 4.69) is 20.2 Å². The first kappa shape index (κ1) is 17.6. The summed E-state index contributed by atoms with van der Waals surface area (Å²) in [5.41, 5.74) is 1.09. The van der Waals surface area contributed by atoms with Crippen LogP contribution in [-0.4, -0.2) is 42.6 Å². The molecule has 1 aliphatic heterocycles. The van der Waals surface area contributed by atoms with Gasteiger partial charge in [-0.2, -0.15) is 0 Å². The Bertz CT molecular complexity index is 1170. The molecule has 0 unspecified atom stereocenters. The topological polar surface area (TPSA) is 121 Å². The van der Waals surface area contributed by atoms with Crippen molar-refractivity contribution < 1.29 is 18.7 Å². The highest BCUT2D eigenvalue weighted by molar-refractivity contribution is 5.90. The van der Waals surface area contributed by atoms with Crippen LogP contribution in [0.15, 0.2) is 45.5 Å². The summed E-state index contributed by atoms with van der Waals surface area (Å²) in [6.45, 7) is 3.46. The molecular formula is C20H19N5O4. The van der Waals surface area contributed by atoms with Crippen LogP contribution in [0, 0.1) is 0 Å². The minimum Gasteiger partial charge on any atom is -0.458 e. The second-order valence-corrected chi connectivity index (χ2v) is 7.58. The van der Waals surface area contributed by atoms with Crippen molar-refractivity contribution in [3.8, 4) is 0 Å². The zero-order chi connectivity index (χ0) is 20.2. The molecule has 4 heterocycles. The van der Waals surface area contributed by atoms with E-state index < -0.39 is 17.6 Å². The van der Waals surface area contributed by atoms with Crippen LogP contribution in [0.3, 0.4) is 0 Å². The van der Waals surface area contributed by atoms with Crippen molar-refractivity contribution in [1.82, 2.24) is 25.1 Å². The lowest BCUT2D eigenvalue weighted by Gasteiger charge is -2.32. The lowest BCUT2D eigenvalue weighted by molar-refractivity contribution is 0.0437. The number of furan rings is 1. The van der Waals surface area contributed by atoms with Crippen LogP contribution in [0.1, 0.15) is 53.6 Å². The van der Waals surface area contributed by atoms with E-state index in [1.807, 2.05) is 30.3 Å². The molecule has 0 saturated carbocycles. The van der Waals surface area contributed by atoms with Crippen LogP contribution in [0.5, 0.6) is 0 Å². The summed E-state index contributed by atoms with van der Waals surface area (Å²) in [7, 11) is 0. The van der Waals surface area contributed by atoms with Crippen molar-refractivity contribution >= 4 is 16.9 Å². The number of carbonyl (C=O) groups is 1. The number of imidazole rings is 1. The van der Waals surface area contributed by atoms with Gasteiger partial charge in [-0.25, -0.2) is 4.98 Å². The fourth-order valence-corrected chi connectivity index (χ4v) is 3.60. The largest absolute Gasteiger partial charge is 0.458 e. The SMILES string of the molecule is CC(C)(O)c1nnc(C(=O)N2CCc3[nH]cnc3[C@H]2c2cc3ccccc3o2)o1. The Hall–Kier alpha value is -3.46. The Labute approximate surface area is 165 Å². The van der Waals surface area contributed by atoms with Crippen molar-refractivity contribution in [2.75, 3.05) is 6.54 Å². The fraction of sp³-hybridized carbons (Fsp3) is 0.300. The molecule has 1 atom stereocenters. The van der Waals surface area contributed by atoms with Gasteiger partial charge in [0.05, 0.1) is 12.0 Å². The highest BCUT2D eigenvalue weighted by Gasteiger charge is 2.39. The normalized spacial score (nSPS) is 16.9. The third-order valence-corrected chi connectivity index (χ3v) is 5.03. The molecule has 5 rings (SSSR count). The molecule has 1 aromatic carbocycles. The summed E-state index contributed by atoms with van der Waals surface area (Å²) in [5.74, 6) is -0.0252. The van der Waals surface area contributed by atoms with Crippen LogP contribution in [0.4, 0.5) is 0 Å². The summed E-state index contributed by atoms with van der Waals surface area (Å²) in [5, 5.41) is 18.7. The Kier molecular flexibility index (Phi) is 3.82. The summed E-state index contributed by atoms with van der Waals surface area (Å²) < 4.78 is 11.5. The van der Waals surface area contributed by atoms with E-state index in [0.29, 0.717) is 18.7 Å². The maximum Gasteiger partial charge on any atom is 0.312 e. The van der Waals surface area contributed by atoms with Crippen molar-refractivity contribution in [3.63, 3.8) is 0 Å². The molecule has 2 N–H and O–H groups in total. The number of rotatable bonds is 3. The summed E-state index contributed by atoms with van der Waals surface area (Å²) >= 11 is 0. The van der Waals surface area contributed by atoms with E-state index in [1.54, 1.807) is 11.2 Å². The Morgan fingerprint density at radius 3 is 2.86 bits per heavy atom. The monoisotopic (exact) mass is 393 g/mol. The standard InChI is InChI=1S/C20H19N5O4/c1-20(2,27)19-24-23-17(29-19)18(26)25-8-7-12-15(22-10-21-12)16(25)14-9-11-5-3-4-6-13(11)28-14/h3-6,9-10,16,27H,7-8H2,1-2H3,(H,21,22)/t16-/m1/s1. The van der Waals surface area contributed by atoms with Crippen molar-refractivity contribution in [3.05, 3.63) is 65.6 Å². The van der Waals surface area contributed by atoms with E-state index in [-0.39, 0.29) is 11.8 Å². The molecule has 0 bridgehead atoms. The maximum absolute atomic E-state index is 13.2. The van der Waals surface area contributed by atoms with Crippen molar-refractivity contribution in [2.24, 2.45) is 0 Å². The molecule has 9 nitrogen and oxygen atoms in total. The van der Waals surface area contributed by atoms with Gasteiger partial charge in [0.1, 0.15) is 23.0 Å². The number of carbonyl (C=O) groups excluding carboxylic acids is 1. The highest BCUT2D eigenvalue weighted by atomic mass is 16.4. The first-order valence-electron chi connectivity index (χ1n) is 9.30. The van der Waals surface area contributed by atoms with E-state index >= 15 is 0 Å². The second-order valence-electron chi connectivity index (χ2n) is 7.58. The third kappa shape index (κ3) is 2.90. The molecule has 0 fully saturated rings. The third-order valence-electron chi connectivity index (χ3n) is 5.03. The van der Waals surface area contributed by atoms with E-state index in [0.717, 1.165) is 22.4 Å². The minimum atomic E-state index is -1.33. The molecule has 1 aliphatic rings. The number of fused-ring (bicyclic) bond motifs is 2. The Balaban J connectivity index is 1.57. The predicted molar refractivity (Wildman–Crippen MR) is 101 cm³/mol. The molecule has 29 heavy (non-hydrogen) atoms. The molecule has 9 heteroatoms. The maximum atomic E-state index is 13.2. The summed E-state index contributed by atoms with van der Waals surface area (Å²) in [6, 6.07) is 9.06. The number of nitrogens with zero attached hydrogens (tertiary/aromatic N) is 4. The Morgan fingerprint density at radius 1 is 1.28 bits per heavy atom. The lowest BCUT2D eigenvalue weighted by atomic mass is 10.00. The Morgan fingerprint density at radius 2 is 2.10 bits per heavy atom. The highest BCUT2D eigenvalue weighted by Crippen LogP contribution is 2.37. The first-order chi connectivity index (χ1) is 13.9. The van der Waals surface area contributed by atoms with Gasteiger partial charge in [-0.05, 0) is 26.0 Å². The van der Waals surface area contributed by atoms with Gasteiger partial charge in [-0.1, -0.05) is 18.2 Å². The quantitative estimate of drug-likeness (QED) is 0.548. The first-order valence-corrected chi connectivity index (χ1v) is 9.30. The number of aromatic amines is 1. The number of aliphatic hydroxyl groups is 1. The summed E-state index contributed by atoms with van der Waals surface area (Å²) in [4.78, 5) is 22.4. The van der Waals surface area contributed by atoms with E-state index in [4.69, 9.17) is 8.83 Å². The molecule has 1 amide bonds. The van der Waals surface area contributed by atoms with Crippen molar-refractivity contribution in [1.29, 1.82) is 0 Å². The van der Waals surface area contributed by atoms with Gasteiger partial charge in [-0.15, -0.1) is 10.2 Å². The number of H-pyrrole nitrogens is 1. The van der Waals surface area contributed by atoms with Crippen LogP contribution in [-0.2, 0) is 12.0 Å². The van der Waals surface area contributed by atoms with Gasteiger partial charge in [0.15, 0.2) is 0 Å². The minimum absolute atomic E-state index is 0.0152. The molecule has 0 aliphatic carbocycles. The number of aromatic nitrogens is 4. The van der Waals surface area contributed by atoms with Crippen LogP contribution in [0.2, 0.25) is 0 Å². The van der Waals surface area contributed by atoms with Gasteiger partial charge in [0, 0.05) is 24.0 Å². The average molecular weight is 393 g/mol. The van der Waals surface area contributed by atoms with Crippen molar-refractivity contribution in [2.45, 2.75) is 31.9 Å². The number of para-hydroxylation sites is 1. The van der Waals surface area contributed by atoms with Gasteiger partial charge < -0.3 is 23.8 Å². The van der Waals surface area contributed by atoms with E-state index in [1.165, 1.54) is 13.8 Å². The molecular weight excluding hydrogens is 374 g/mol. The molecule has 3 aromatic heterocycles. The fourth-order valence-electron chi connectivity index (χ4n) is 3.60. The second kappa shape index (κ2) is 6.28. The molecule has 0 saturated heterocycles. The number of amides is 1. The van der Waals surface area contributed by atoms with Gasteiger partial charge >= 0.3 is 11.8 Å². The van der Waals surface area contributed by atoms with Gasteiger partial charge in [0.2, 0.25) is 5.89 Å². The average Bonchev–Trinajstić information content (AvgIpc) is 3.44. The van der Waals surface area contributed by atoms with Gasteiger partial charge in [-0.3, -0.25) is 4.79 Å². The summed E-state index contributed by atoms with van der Waals surface area (Å²) in [6.07, 6.45) is 2.23. The lowest BCUT2D eigenvalue weighted by Crippen LogP contribution is -2.40. The van der Waals surface area contributed by atoms with Crippen LogP contribution < -0.4 is 0 Å². The number of hydrogen-bond donors (Lipinski definition) is 2. The predicted octanol–water partition coefficient (Wildman–Crippen LogP) is 2.55. The zero-order valence-electron chi connectivity index (χ0n) is 15.9. The smallest absolute Gasteiger partial charge is 0.312 e. The molecule has 0 spiro atoms. The van der Waals surface area contributed by atoms with Crippen LogP contribution >= 0.6 is 0 Å². The zero-order valence-corrected chi connectivity index (χ0v) is 15.9. The molecule has 4 aromatic rings. The number of benzene rings is 1.